The first-order chi connectivity index (χ1) is 14.6. The molecule has 1 atom stereocenters. The zero-order valence-electron chi connectivity index (χ0n) is 17.5. The molecule has 0 spiro atoms. The highest BCUT2D eigenvalue weighted by Gasteiger charge is 2.26. The monoisotopic (exact) mass is 457 g/mol. The van der Waals surface area contributed by atoms with Gasteiger partial charge in [0.25, 0.3) is 5.91 Å². The molecule has 8 heteroatoms. The lowest BCUT2D eigenvalue weighted by Crippen LogP contribution is -2.40. The second-order valence-electron chi connectivity index (χ2n) is 8.10. The Hall–Kier alpha value is -2.74. The Bertz CT molecular complexity index is 1120. The topological polar surface area (TPSA) is 88.2 Å². The van der Waals surface area contributed by atoms with Crippen molar-refractivity contribution < 1.29 is 13.2 Å². The summed E-state index contributed by atoms with van der Waals surface area (Å²) in [6.45, 7) is 5.19. The Labute approximate surface area is 187 Å². The number of rotatable bonds is 6. The molecule has 2 N–H and O–H groups in total. The van der Waals surface area contributed by atoms with Gasteiger partial charge in [-0.3, -0.25) is 9.78 Å². The summed E-state index contributed by atoms with van der Waals surface area (Å²) < 4.78 is 28.1. The number of amides is 1. The number of nitrogens with zero attached hydrogens (tertiary/aromatic N) is 1. The third kappa shape index (κ3) is 5.91. The minimum absolute atomic E-state index is 0.0436. The van der Waals surface area contributed by atoms with Crippen LogP contribution >= 0.6 is 11.6 Å². The summed E-state index contributed by atoms with van der Waals surface area (Å²) in [6.07, 6.45) is 3.31. The molecular weight excluding hydrogens is 434 g/mol. The van der Waals surface area contributed by atoms with Crippen LogP contribution in [0.4, 0.5) is 0 Å². The van der Waals surface area contributed by atoms with E-state index in [0.717, 1.165) is 11.1 Å². The van der Waals surface area contributed by atoms with Crippen molar-refractivity contribution in [2.75, 3.05) is 0 Å². The summed E-state index contributed by atoms with van der Waals surface area (Å²) in [5.74, 6) is -0.422. The quantitative estimate of drug-likeness (QED) is 0.576. The fourth-order valence-corrected chi connectivity index (χ4v) is 5.03. The highest BCUT2D eigenvalue weighted by Crippen LogP contribution is 2.26. The number of carbonyl (C=O) groups is 1. The van der Waals surface area contributed by atoms with Crippen molar-refractivity contribution in [1.82, 2.24) is 15.0 Å². The van der Waals surface area contributed by atoms with Crippen molar-refractivity contribution >= 4 is 27.5 Å². The maximum absolute atomic E-state index is 13.1. The highest BCUT2D eigenvalue weighted by molar-refractivity contribution is 7.89. The molecule has 0 radical (unpaired) electrons. The number of hydrogen-bond acceptors (Lipinski definition) is 4. The van der Waals surface area contributed by atoms with Crippen LogP contribution in [-0.2, 0) is 10.0 Å². The van der Waals surface area contributed by atoms with Gasteiger partial charge >= 0.3 is 0 Å². The molecule has 31 heavy (non-hydrogen) atoms. The maximum Gasteiger partial charge on any atom is 0.252 e. The van der Waals surface area contributed by atoms with Crippen molar-refractivity contribution in [3.63, 3.8) is 0 Å². The van der Waals surface area contributed by atoms with Crippen LogP contribution in [0, 0.1) is 0 Å². The lowest BCUT2D eigenvalue weighted by atomic mass is 9.99. The van der Waals surface area contributed by atoms with Gasteiger partial charge in [0.1, 0.15) is 4.90 Å². The minimum atomic E-state index is -3.91. The largest absolute Gasteiger partial charge is 0.341 e. The summed E-state index contributed by atoms with van der Waals surface area (Å²) in [6, 6.07) is 16.9. The van der Waals surface area contributed by atoms with Crippen molar-refractivity contribution in [3.8, 4) is 0 Å². The van der Waals surface area contributed by atoms with Crippen LogP contribution in [0.1, 0.15) is 48.3 Å². The summed E-state index contributed by atoms with van der Waals surface area (Å²) >= 11 is 6.15. The zero-order chi connectivity index (χ0) is 22.6. The molecule has 2 aromatic carbocycles. The van der Waals surface area contributed by atoms with Gasteiger partial charge in [0.05, 0.1) is 11.1 Å². The molecule has 0 saturated heterocycles. The van der Waals surface area contributed by atoms with E-state index in [1.165, 1.54) is 18.2 Å². The molecule has 0 aliphatic rings. The predicted molar refractivity (Wildman–Crippen MR) is 122 cm³/mol. The van der Waals surface area contributed by atoms with E-state index in [2.05, 4.69) is 15.0 Å². The van der Waals surface area contributed by atoms with Gasteiger partial charge in [0.2, 0.25) is 10.0 Å². The molecule has 3 aromatic rings. The summed E-state index contributed by atoms with van der Waals surface area (Å²) in [7, 11) is -3.91. The first-order valence-electron chi connectivity index (χ1n) is 9.66. The van der Waals surface area contributed by atoms with Gasteiger partial charge in [0, 0.05) is 23.5 Å². The fourth-order valence-electron chi connectivity index (χ4n) is 3.08. The van der Waals surface area contributed by atoms with E-state index in [0.29, 0.717) is 0 Å². The molecule has 1 aromatic heterocycles. The molecule has 162 valence electrons. The van der Waals surface area contributed by atoms with E-state index < -0.39 is 27.5 Å². The van der Waals surface area contributed by atoms with Gasteiger partial charge < -0.3 is 5.32 Å². The molecule has 3 rings (SSSR count). The molecule has 1 amide bonds. The number of sulfonamides is 1. The summed E-state index contributed by atoms with van der Waals surface area (Å²) in [5.41, 5.74) is 1.23. The number of nitrogens with one attached hydrogen (secondary N) is 2. The van der Waals surface area contributed by atoms with Crippen molar-refractivity contribution in [2.24, 2.45) is 0 Å². The normalized spacial score (nSPS) is 12.9. The predicted octanol–water partition coefficient (Wildman–Crippen LogP) is 4.33. The van der Waals surface area contributed by atoms with E-state index in [-0.39, 0.29) is 15.5 Å². The summed E-state index contributed by atoms with van der Waals surface area (Å²) in [5, 5.41) is 3.03. The molecule has 1 heterocycles. The Morgan fingerprint density at radius 1 is 0.968 bits per heavy atom. The van der Waals surface area contributed by atoms with Gasteiger partial charge in [-0.05, 0) is 62.2 Å². The number of hydrogen-bond donors (Lipinski definition) is 2. The number of pyridine rings is 1. The average molecular weight is 458 g/mol. The number of carbonyl (C=O) groups excluding carboxylic acids is 1. The second kappa shape index (κ2) is 9.18. The highest BCUT2D eigenvalue weighted by atomic mass is 35.5. The zero-order valence-corrected chi connectivity index (χ0v) is 19.0. The number of aromatic nitrogens is 1. The molecule has 1 unspecified atom stereocenters. The van der Waals surface area contributed by atoms with Crippen molar-refractivity contribution in [1.29, 1.82) is 0 Å². The Morgan fingerprint density at radius 2 is 1.58 bits per heavy atom. The minimum Gasteiger partial charge on any atom is -0.341 e. The Balaban J connectivity index is 1.95. The van der Waals surface area contributed by atoms with Crippen molar-refractivity contribution in [3.05, 3.63) is 94.8 Å². The second-order valence-corrected chi connectivity index (χ2v) is 10.2. The van der Waals surface area contributed by atoms with Crippen LogP contribution in [-0.4, -0.2) is 24.8 Å². The van der Waals surface area contributed by atoms with Gasteiger partial charge in [-0.2, -0.15) is 0 Å². The van der Waals surface area contributed by atoms with Crippen LogP contribution in [0.15, 0.2) is 78.0 Å². The molecule has 6 nitrogen and oxygen atoms in total. The van der Waals surface area contributed by atoms with E-state index >= 15 is 0 Å². The lowest BCUT2D eigenvalue weighted by molar-refractivity contribution is 0.0942. The van der Waals surface area contributed by atoms with Crippen LogP contribution in [0.3, 0.4) is 0 Å². The third-order valence-electron chi connectivity index (χ3n) is 4.37. The van der Waals surface area contributed by atoms with Gasteiger partial charge in [0.15, 0.2) is 0 Å². The molecule has 0 aliphatic carbocycles. The molecule has 0 saturated carbocycles. The van der Waals surface area contributed by atoms with E-state index in [4.69, 9.17) is 11.6 Å². The van der Waals surface area contributed by atoms with E-state index in [9.17, 15) is 13.2 Å². The van der Waals surface area contributed by atoms with Gasteiger partial charge in [-0.1, -0.05) is 41.9 Å². The Kier molecular flexibility index (Phi) is 6.79. The van der Waals surface area contributed by atoms with Crippen LogP contribution in [0.25, 0.3) is 0 Å². The van der Waals surface area contributed by atoms with E-state index in [1.54, 1.807) is 33.2 Å². The fraction of sp³-hybridized carbons (Fsp3) is 0.217. The molecule has 0 bridgehead atoms. The number of benzene rings is 2. The van der Waals surface area contributed by atoms with Gasteiger partial charge in [-0.25, -0.2) is 13.1 Å². The van der Waals surface area contributed by atoms with Crippen LogP contribution in [0.5, 0.6) is 0 Å². The first-order valence-corrected chi connectivity index (χ1v) is 11.5. The van der Waals surface area contributed by atoms with Crippen molar-refractivity contribution in [2.45, 2.75) is 37.2 Å². The van der Waals surface area contributed by atoms with Gasteiger partial charge in [-0.15, -0.1) is 0 Å². The molecule has 0 aliphatic heterocycles. The number of halogens is 1. The first kappa shape index (κ1) is 22.9. The maximum atomic E-state index is 13.1. The average Bonchev–Trinajstić information content (AvgIpc) is 2.71. The SMILES string of the molecule is CC(C)(C)NS(=O)(=O)c1cc(C(=O)NC(c2ccccc2)c2ccncc2)ccc1Cl. The summed E-state index contributed by atoms with van der Waals surface area (Å²) in [4.78, 5) is 17.0. The standard InChI is InChI=1S/C23H24ClN3O3S/c1-23(2,3)27-31(29,30)20-15-18(9-10-19(20)24)22(28)26-21(16-7-5-4-6-8-16)17-11-13-25-14-12-17/h4-15,21,27H,1-3H3,(H,26,28). The molecular formula is C23H24ClN3O3S. The van der Waals surface area contributed by atoms with Crippen LogP contribution < -0.4 is 10.0 Å². The Morgan fingerprint density at radius 3 is 2.19 bits per heavy atom. The third-order valence-corrected chi connectivity index (χ3v) is 6.61. The van der Waals surface area contributed by atoms with E-state index in [1.807, 2.05) is 42.5 Å². The van der Waals surface area contributed by atoms with Crippen LogP contribution in [0.2, 0.25) is 5.02 Å². The smallest absolute Gasteiger partial charge is 0.252 e. The lowest BCUT2D eigenvalue weighted by Gasteiger charge is -2.22. The molecule has 0 fully saturated rings.